The molecule has 0 fully saturated rings. The van der Waals surface area contributed by atoms with E-state index in [0.29, 0.717) is 16.6 Å². The van der Waals surface area contributed by atoms with Crippen LogP contribution in [0.25, 0.3) is 0 Å². The van der Waals surface area contributed by atoms with Crippen LogP contribution in [0.5, 0.6) is 0 Å². The van der Waals surface area contributed by atoms with E-state index in [1.54, 1.807) is 0 Å². The summed E-state index contributed by atoms with van der Waals surface area (Å²) in [4.78, 5) is 0. The molecule has 0 spiro atoms. The van der Waals surface area contributed by atoms with E-state index in [1.807, 2.05) is 0 Å². The molecule has 0 amide bonds. The van der Waals surface area contributed by atoms with E-state index in [2.05, 4.69) is 91.8 Å². The van der Waals surface area contributed by atoms with Gasteiger partial charge in [-0.2, -0.15) is 0 Å². The van der Waals surface area contributed by atoms with Gasteiger partial charge in [-0.3, -0.25) is 0 Å². The van der Waals surface area contributed by atoms with Crippen LogP contribution in [-0.4, -0.2) is 8.32 Å². The zero-order chi connectivity index (χ0) is 18.3. The van der Waals surface area contributed by atoms with Crippen molar-refractivity contribution in [3.8, 4) is 0 Å². The molecule has 24 heavy (non-hydrogen) atoms. The van der Waals surface area contributed by atoms with Crippen molar-refractivity contribution in [2.24, 2.45) is 0 Å². The van der Waals surface area contributed by atoms with E-state index in [4.69, 9.17) is 4.43 Å². The van der Waals surface area contributed by atoms with Gasteiger partial charge in [0.25, 0.3) is 0 Å². The Hall–Kier alpha value is -0.863. The van der Waals surface area contributed by atoms with Crippen LogP contribution >= 0.6 is 0 Å². The molecule has 1 nitrogen and oxygen atoms in total. The minimum Gasteiger partial charge on any atom is -0.405 e. The molecule has 0 N–H and O–H groups in total. The first-order chi connectivity index (χ1) is 11.3. The van der Waals surface area contributed by atoms with Crippen LogP contribution in [0.1, 0.15) is 79.9 Å². The molecule has 1 aromatic carbocycles. The lowest BCUT2D eigenvalue weighted by molar-refractivity contribution is 0.205. The number of hydrogen-bond acceptors (Lipinski definition) is 1. The molecule has 0 aliphatic heterocycles. The summed E-state index contributed by atoms with van der Waals surface area (Å²) < 4.78 is 7.18. The Morgan fingerprint density at radius 2 is 1.46 bits per heavy atom. The van der Waals surface area contributed by atoms with Crippen molar-refractivity contribution in [3.05, 3.63) is 47.5 Å². The van der Waals surface area contributed by atoms with Crippen LogP contribution in [0.4, 0.5) is 0 Å². The van der Waals surface area contributed by atoms with Gasteiger partial charge in [0.1, 0.15) is 0 Å². The Bertz CT molecular complexity index is 480. The second-order valence-corrected chi connectivity index (χ2v) is 13.2. The van der Waals surface area contributed by atoms with Gasteiger partial charge in [-0.15, -0.1) is 0 Å². The van der Waals surface area contributed by atoms with Crippen LogP contribution in [0.3, 0.4) is 0 Å². The maximum absolute atomic E-state index is 7.18. The molecule has 0 saturated heterocycles. The third-order valence-corrected chi connectivity index (χ3v) is 11.4. The van der Waals surface area contributed by atoms with Crippen molar-refractivity contribution >= 4 is 8.32 Å². The molecule has 1 aromatic rings. The topological polar surface area (TPSA) is 9.23 Å². The molecule has 0 heterocycles. The zero-order valence-electron chi connectivity index (χ0n) is 17.1. The van der Waals surface area contributed by atoms with E-state index in [-0.39, 0.29) is 6.10 Å². The van der Waals surface area contributed by atoms with Gasteiger partial charge in [-0.05, 0) is 41.1 Å². The highest BCUT2D eigenvalue weighted by molar-refractivity contribution is 6.77. The molecule has 2 heteroatoms. The summed E-state index contributed by atoms with van der Waals surface area (Å²) >= 11 is 0. The first-order valence-electron chi connectivity index (χ1n) is 9.68. The maximum atomic E-state index is 7.18. The molecule has 0 aliphatic carbocycles. The van der Waals surface area contributed by atoms with Crippen molar-refractivity contribution < 1.29 is 4.43 Å². The van der Waals surface area contributed by atoms with Crippen molar-refractivity contribution in [1.82, 2.24) is 0 Å². The van der Waals surface area contributed by atoms with Gasteiger partial charge in [0, 0.05) is 0 Å². The molecule has 0 bridgehead atoms. The molecule has 0 aromatic heterocycles. The molecule has 0 aliphatic rings. The van der Waals surface area contributed by atoms with Gasteiger partial charge in [-0.1, -0.05) is 91.3 Å². The second kappa shape index (κ2) is 9.58. The quantitative estimate of drug-likeness (QED) is 0.329. The van der Waals surface area contributed by atoms with Gasteiger partial charge < -0.3 is 4.43 Å². The summed E-state index contributed by atoms with van der Waals surface area (Å²) in [7, 11) is -1.92. The van der Waals surface area contributed by atoms with E-state index in [0.717, 1.165) is 12.8 Å². The minimum atomic E-state index is -1.92. The molecular formula is C22H38OSi. The molecule has 1 atom stereocenters. The Kier molecular flexibility index (Phi) is 8.45. The first kappa shape index (κ1) is 21.2. The smallest absolute Gasteiger partial charge is 0.201 e. The fourth-order valence-electron chi connectivity index (χ4n) is 4.31. The van der Waals surface area contributed by atoms with Crippen molar-refractivity contribution in [2.75, 3.05) is 0 Å². The summed E-state index contributed by atoms with van der Waals surface area (Å²) in [6, 6.07) is 10.8. The van der Waals surface area contributed by atoms with Crippen LogP contribution in [0, 0.1) is 0 Å². The first-order valence-corrected chi connectivity index (χ1v) is 11.8. The Balaban J connectivity index is 3.38. The maximum Gasteiger partial charge on any atom is 0.201 e. The fourth-order valence-corrected chi connectivity index (χ4v) is 9.83. The van der Waals surface area contributed by atoms with Crippen LogP contribution < -0.4 is 0 Å². The number of allylic oxidation sites excluding steroid dienone is 1. The highest BCUT2D eigenvalue weighted by atomic mass is 28.4. The normalized spacial score (nSPS) is 14.7. The Labute approximate surface area is 151 Å². The van der Waals surface area contributed by atoms with Gasteiger partial charge in [0.2, 0.25) is 8.32 Å². The average molecular weight is 347 g/mol. The summed E-state index contributed by atoms with van der Waals surface area (Å²) in [5, 5.41) is 0. The second-order valence-electron chi connectivity index (χ2n) is 7.84. The predicted molar refractivity (Wildman–Crippen MR) is 110 cm³/mol. The lowest BCUT2D eigenvalue weighted by atomic mass is 9.98. The number of rotatable bonds is 9. The predicted octanol–water partition coefficient (Wildman–Crippen LogP) is 7.67. The Morgan fingerprint density at radius 3 is 1.83 bits per heavy atom. The van der Waals surface area contributed by atoms with Crippen molar-refractivity contribution in [3.63, 3.8) is 0 Å². The summed E-state index contributed by atoms with van der Waals surface area (Å²) in [6.07, 6.45) is 4.65. The van der Waals surface area contributed by atoms with Crippen molar-refractivity contribution in [1.29, 1.82) is 0 Å². The molecule has 0 saturated carbocycles. The zero-order valence-corrected chi connectivity index (χ0v) is 18.1. The minimum absolute atomic E-state index is 0.106. The largest absolute Gasteiger partial charge is 0.405 e. The van der Waals surface area contributed by atoms with E-state index in [1.165, 1.54) is 11.1 Å². The lowest BCUT2D eigenvalue weighted by Gasteiger charge is -2.45. The van der Waals surface area contributed by atoms with Gasteiger partial charge in [0.05, 0.1) is 6.10 Å². The summed E-state index contributed by atoms with van der Waals surface area (Å²) in [5.41, 5.74) is 4.54. The van der Waals surface area contributed by atoms with E-state index < -0.39 is 8.32 Å². The lowest BCUT2D eigenvalue weighted by Crippen LogP contribution is -2.48. The summed E-state index contributed by atoms with van der Waals surface area (Å²) in [5.74, 6) is 0. The third kappa shape index (κ3) is 4.61. The van der Waals surface area contributed by atoms with Gasteiger partial charge in [-0.25, -0.2) is 0 Å². The SMILES string of the molecule is CC=C(CCC)C(O[Si](C(C)C)(C(C)C)C(C)C)c1ccccc1. The van der Waals surface area contributed by atoms with Crippen LogP contribution in [0.15, 0.2) is 42.0 Å². The molecule has 136 valence electrons. The number of benzene rings is 1. The van der Waals surface area contributed by atoms with Gasteiger partial charge in [0.15, 0.2) is 0 Å². The Morgan fingerprint density at radius 1 is 0.958 bits per heavy atom. The van der Waals surface area contributed by atoms with E-state index in [9.17, 15) is 0 Å². The molecule has 1 unspecified atom stereocenters. The van der Waals surface area contributed by atoms with Crippen LogP contribution in [0.2, 0.25) is 16.6 Å². The third-order valence-electron chi connectivity index (χ3n) is 5.38. The monoisotopic (exact) mass is 346 g/mol. The summed E-state index contributed by atoms with van der Waals surface area (Å²) in [6.45, 7) is 18.6. The fraction of sp³-hybridized carbons (Fsp3) is 0.636. The highest BCUT2D eigenvalue weighted by Gasteiger charge is 2.47. The average Bonchev–Trinajstić information content (AvgIpc) is 2.54. The standard InChI is InChI=1S/C22H38OSi/c1-9-14-20(10-2)22(21-15-12-11-13-16-21)23-24(17(3)4,18(5)6)19(7)8/h10-13,15-19,22H,9,14H2,1-8H3. The van der Waals surface area contributed by atoms with Crippen LogP contribution in [-0.2, 0) is 4.43 Å². The van der Waals surface area contributed by atoms with Crippen molar-refractivity contribution in [2.45, 2.75) is 91.0 Å². The van der Waals surface area contributed by atoms with Gasteiger partial charge >= 0.3 is 0 Å². The molecule has 0 radical (unpaired) electrons. The number of hydrogen-bond donors (Lipinski definition) is 0. The molecule has 1 rings (SSSR count). The van der Waals surface area contributed by atoms with E-state index >= 15 is 0 Å². The highest BCUT2D eigenvalue weighted by Crippen LogP contribution is 2.46. The molecular weight excluding hydrogens is 308 g/mol.